The Hall–Kier alpha value is -1.58. The molecule has 1 aromatic heterocycles. The van der Waals surface area contributed by atoms with E-state index in [1.807, 2.05) is 17.7 Å². The summed E-state index contributed by atoms with van der Waals surface area (Å²) >= 11 is 0. The number of esters is 1. The molecule has 0 atom stereocenters. The number of carbonyl (C=O) groups is 1. The molecule has 1 heterocycles. The van der Waals surface area contributed by atoms with Crippen molar-refractivity contribution in [3.05, 3.63) is 30.4 Å². The molecule has 0 fully saturated rings. The van der Waals surface area contributed by atoms with Crippen molar-refractivity contribution >= 4 is 5.97 Å². The van der Waals surface area contributed by atoms with Crippen LogP contribution in [0.5, 0.6) is 0 Å². The lowest BCUT2D eigenvalue weighted by molar-refractivity contribution is -0.139. The molecule has 0 N–H and O–H groups in total. The van der Waals surface area contributed by atoms with Crippen LogP contribution in [0.25, 0.3) is 0 Å². The predicted octanol–water partition coefficient (Wildman–Crippen LogP) is 1.70. The van der Waals surface area contributed by atoms with Gasteiger partial charge in [0.05, 0.1) is 6.61 Å². The first-order valence-electron chi connectivity index (χ1n) is 4.91. The van der Waals surface area contributed by atoms with E-state index in [1.165, 1.54) is 0 Å². The summed E-state index contributed by atoms with van der Waals surface area (Å²) in [5, 5.41) is 0. The molecule has 0 spiro atoms. The van der Waals surface area contributed by atoms with E-state index in [0.717, 1.165) is 18.8 Å². The molecule has 0 unspecified atom stereocenters. The summed E-state index contributed by atoms with van der Waals surface area (Å²) in [6, 6.07) is 0. The fourth-order valence-electron chi connectivity index (χ4n) is 1.16. The normalized spacial score (nSPS) is 10.0. The van der Waals surface area contributed by atoms with Crippen LogP contribution in [-0.2, 0) is 16.1 Å². The van der Waals surface area contributed by atoms with Crippen LogP contribution in [0.2, 0.25) is 0 Å². The van der Waals surface area contributed by atoms with Crippen molar-refractivity contribution in [3.8, 4) is 0 Å². The molecule has 4 nitrogen and oxygen atoms in total. The summed E-state index contributed by atoms with van der Waals surface area (Å²) in [7, 11) is 0. The Balaban J connectivity index is 2.20. The molecule has 0 bridgehead atoms. The van der Waals surface area contributed by atoms with E-state index in [1.54, 1.807) is 13.1 Å². The molecular formula is C11H16N2O2. The third-order valence-corrected chi connectivity index (χ3v) is 2.05. The van der Waals surface area contributed by atoms with Gasteiger partial charge in [0.25, 0.3) is 0 Å². The Kier molecular flexibility index (Phi) is 4.09. The van der Waals surface area contributed by atoms with Gasteiger partial charge in [0.1, 0.15) is 5.82 Å². The number of hydrogen-bond acceptors (Lipinski definition) is 3. The standard InChI is InChI=1S/C11H16N2O2/c1-9(2)11(14)15-8-4-6-13-7-5-12-10(13)3/h5,7H,1,4,6,8H2,2-3H3. The van der Waals surface area contributed by atoms with Crippen molar-refractivity contribution in [2.24, 2.45) is 0 Å². The fraction of sp³-hybridized carbons (Fsp3) is 0.455. The quantitative estimate of drug-likeness (QED) is 0.420. The van der Waals surface area contributed by atoms with E-state index < -0.39 is 0 Å². The van der Waals surface area contributed by atoms with Gasteiger partial charge in [0, 0.05) is 24.5 Å². The van der Waals surface area contributed by atoms with E-state index in [9.17, 15) is 4.79 Å². The zero-order chi connectivity index (χ0) is 11.3. The third kappa shape index (κ3) is 3.58. The first kappa shape index (κ1) is 11.5. The van der Waals surface area contributed by atoms with Crippen LogP contribution in [0.1, 0.15) is 19.2 Å². The minimum atomic E-state index is -0.322. The van der Waals surface area contributed by atoms with Crippen molar-refractivity contribution in [3.63, 3.8) is 0 Å². The molecule has 4 heteroatoms. The van der Waals surface area contributed by atoms with Gasteiger partial charge in [-0.2, -0.15) is 0 Å². The lowest BCUT2D eigenvalue weighted by Crippen LogP contribution is -2.09. The third-order valence-electron chi connectivity index (χ3n) is 2.05. The second-order valence-corrected chi connectivity index (χ2v) is 3.44. The minimum Gasteiger partial charge on any atom is -0.462 e. The minimum absolute atomic E-state index is 0.322. The maximum atomic E-state index is 11.0. The van der Waals surface area contributed by atoms with Gasteiger partial charge in [-0.15, -0.1) is 0 Å². The molecule has 1 aromatic rings. The van der Waals surface area contributed by atoms with Crippen molar-refractivity contribution < 1.29 is 9.53 Å². The summed E-state index contributed by atoms with van der Waals surface area (Å²) < 4.78 is 6.99. The van der Waals surface area contributed by atoms with Gasteiger partial charge in [0.2, 0.25) is 0 Å². The molecule has 0 aromatic carbocycles. The first-order chi connectivity index (χ1) is 7.11. The molecule has 0 radical (unpaired) electrons. The average molecular weight is 208 g/mol. The van der Waals surface area contributed by atoms with Crippen LogP contribution in [-0.4, -0.2) is 22.1 Å². The molecule has 0 aliphatic heterocycles. The zero-order valence-electron chi connectivity index (χ0n) is 9.19. The Morgan fingerprint density at radius 1 is 1.67 bits per heavy atom. The largest absolute Gasteiger partial charge is 0.462 e. The summed E-state index contributed by atoms with van der Waals surface area (Å²) in [4.78, 5) is 15.1. The zero-order valence-corrected chi connectivity index (χ0v) is 9.19. The monoisotopic (exact) mass is 208 g/mol. The van der Waals surface area contributed by atoms with Gasteiger partial charge in [-0.1, -0.05) is 6.58 Å². The number of hydrogen-bond donors (Lipinski definition) is 0. The Morgan fingerprint density at radius 2 is 2.40 bits per heavy atom. The summed E-state index contributed by atoms with van der Waals surface area (Å²) in [6.07, 6.45) is 4.46. The Bertz CT molecular complexity index is 355. The summed E-state index contributed by atoms with van der Waals surface area (Å²) in [5.74, 6) is 0.651. The van der Waals surface area contributed by atoms with Crippen LogP contribution >= 0.6 is 0 Å². The highest BCUT2D eigenvalue weighted by molar-refractivity contribution is 5.86. The van der Waals surface area contributed by atoms with Crippen LogP contribution in [0, 0.1) is 6.92 Å². The highest BCUT2D eigenvalue weighted by Gasteiger charge is 2.02. The number of carbonyl (C=O) groups excluding carboxylic acids is 1. The number of ether oxygens (including phenoxy) is 1. The molecular weight excluding hydrogens is 192 g/mol. The molecule has 82 valence electrons. The van der Waals surface area contributed by atoms with E-state index in [2.05, 4.69) is 11.6 Å². The maximum Gasteiger partial charge on any atom is 0.333 e. The fourth-order valence-corrected chi connectivity index (χ4v) is 1.16. The second kappa shape index (κ2) is 5.34. The van der Waals surface area contributed by atoms with Crippen molar-refractivity contribution in [1.29, 1.82) is 0 Å². The smallest absolute Gasteiger partial charge is 0.333 e. The van der Waals surface area contributed by atoms with E-state index in [0.29, 0.717) is 12.2 Å². The number of aromatic nitrogens is 2. The topological polar surface area (TPSA) is 44.1 Å². The van der Waals surface area contributed by atoms with Crippen molar-refractivity contribution in [2.45, 2.75) is 26.8 Å². The van der Waals surface area contributed by atoms with Crippen LogP contribution < -0.4 is 0 Å². The number of aryl methyl sites for hydroxylation is 2. The van der Waals surface area contributed by atoms with Crippen LogP contribution in [0.3, 0.4) is 0 Å². The van der Waals surface area contributed by atoms with Gasteiger partial charge >= 0.3 is 5.97 Å². The highest BCUT2D eigenvalue weighted by atomic mass is 16.5. The first-order valence-corrected chi connectivity index (χ1v) is 4.91. The molecule has 0 amide bonds. The van der Waals surface area contributed by atoms with E-state index in [4.69, 9.17) is 4.74 Å². The summed E-state index contributed by atoms with van der Waals surface area (Å²) in [6.45, 7) is 8.33. The Labute approximate surface area is 89.6 Å². The van der Waals surface area contributed by atoms with Gasteiger partial charge in [-0.3, -0.25) is 0 Å². The number of imidazole rings is 1. The van der Waals surface area contributed by atoms with Gasteiger partial charge in [0.15, 0.2) is 0 Å². The van der Waals surface area contributed by atoms with Gasteiger partial charge in [-0.05, 0) is 20.3 Å². The van der Waals surface area contributed by atoms with Gasteiger partial charge in [-0.25, -0.2) is 9.78 Å². The van der Waals surface area contributed by atoms with E-state index >= 15 is 0 Å². The summed E-state index contributed by atoms with van der Waals surface area (Å²) in [5.41, 5.74) is 0.439. The maximum absolute atomic E-state index is 11.0. The highest BCUT2D eigenvalue weighted by Crippen LogP contribution is 1.99. The Morgan fingerprint density at radius 3 is 2.93 bits per heavy atom. The van der Waals surface area contributed by atoms with Crippen LogP contribution in [0.15, 0.2) is 24.5 Å². The molecule has 0 saturated heterocycles. The number of rotatable bonds is 5. The predicted molar refractivity (Wildman–Crippen MR) is 57.4 cm³/mol. The molecule has 0 saturated carbocycles. The van der Waals surface area contributed by atoms with Crippen molar-refractivity contribution in [2.75, 3.05) is 6.61 Å². The lowest BCUT2D eigenvalue weighted by atomic mass is 10.3. The second-order valence-electron chi connectivity index (χ2n) is 3.44. The van der Waals surface area contributed by atoms with E-state index in [-0.39, 0.29) is 5.97 Å². The lowest BCUT2D eigenvalue weighted by Gasteiger charge is -2.06. The van der Waals surface area contributed by atoms with Gasteiger partial charge < -0.3 is 9.30 Å². The molecule has 0 aliphatic rings. The SMILES string of the molecule is C=C(C)C(=O)OCCCn1ccnc1C. The number of nitrogens with zero attached hydrogens (tertiary/aromatic N) is 2. The molecule has 1 rings (SSSR count). The molecule has 15 heavy (non-hydrogen) atoms. The van der Waals surface area contributed by atoms with Crippen molar-refractivity contribution in [1.82, 2.24) is 9.55 Å². The van der Waals surface area contributed by atoms with Crippen LogP contribution in [0.4, 0.5) is 0 Å². The molecule has 0 aliphatic carbocycles. The average Bonchev–Trinajstić information content (AvgIpc) is 2.58.